The highest BCUT2D eigenvalue weighted by atomic mass is 16.5. The van der Waals surface area contributed by atoms with Gasteiger partial charge >= 0.3 is 5.97 Å². The lowest BCUT2D eigenvalue weighted by atomic mass is 9.90. The molecular weight excluding hydrogens is 214 g/mol. The first kappa shape index (κ1) is 14.5. The van der Waals surface area contributed by atoms with E-state index in [2.05, 4.69) is 19.2 Å². The Morgan fingerprint density at radius 2 is 2.12 bits per heavy atom. The average Bonchev–Trinajstić information content (AvgIpc) is 2.38. The molecule has 0 spiro atoms. The minimum absolute atomic E-state index is 0.0420. The quantitative estimate of drug-likeness (QED) is 0.550. The number of piperidine rings is 1. The first-order valence-corrected chi connectivity index (χ1v) is 7.18. The second kappa shape index (κ2) is 8.51. The van der Waals surface area contributed by atoms with E-state index in [9.17, 15) is 4.79 Å². The van der Waals surface area contributed by atoms with Crippen LogP contribution in [0.3, 0.4) is 0 Å². The van der Waals surface area contributed by atoms with Crippen LogP contribution in [0.15, 0.2) is 0 Å². The number of hydrogen-bond acceptors (Lipinski definition) is 3. The van der Waals surface area contributed by atoms with Crippen LogP contribution in [0.2, 0.25) is 0 Å². The SMILES string of the molecule is CCCCCCOC(=O)C1CC(CC)CCN1. The fourth-order valence-electron chi connectivity index (χ4n) is 2.35. The highest BCUT2D eigenvalue weighted by Gasteiger charge is 2.26. The van der Waals surface area contributed by atoms with Gasteiger partial charge in [0.1, 0.15) is 6.04 Å². The highest BCUT2D eigenvalue weighted by Crippen LogP contribution is 2.19. The minimum atomic E-state index is -0.0557. The lowest BCUT2D eigenvalue weighted by Gasteiger charge is -2.28. The lowest BCUT2D eigenvalue weighted by Crippen LogP contribution is -2.44. The molecule has 0 aromatic carbocycles. The number of ether oxygens (including phenoxy) is 1. The lowest BCUT2D eigenvalue weighted by molar-refractivity contribution is -0.147. The molecule has 1 heterocycles. The van der Waals surface area contributed by atoms with Gasteiger partial charge in [0.15, 0.2) is 0 Å². The zero-order chi connectivity index (χ0) is 12.5. The van der Waals surface area contributed by atoms with Gasteiger partial charge in [0, 0.05) is 0 Å². The smallest absolute Gasteiger partial charge is 0.323 e. The van der Waals surface area contributed by atoms with E-state index in [1.165, 1.54) is 32.1 Å². The van der Waals surface area contributed by atoms with Crippen molar-refractivity contribution in [2.45, 2.75) is 64.8 Å². The molecule has 1 saturated heterocycles. The first-order chi connectivity index (χ1) is 8.27. The van der Waals surface area contributed by atoms with Crippen LogP contribution in [0.25, 0.3) is 0 Å². The Balaban J connectivity index is 2.14. The third kappa shape index (κ3) is 5.53. The van der Waals surface area contributed by atoms with Crippen molar-refractivity contribution < 1.29 is 9.53 Å². The molecule has 0 aliphatic carbocycles. The Kier molecular flexibility index (Phi) is 7.25. The average molecular weight is 241 g/mol. The van der Waals surface area contributed by atoms with Gasteiger partial charge < -0.3 is 10.1 Å². The number of nitrogens with one attached hydrogen (secondary N) is 1. The summed E-state index contributed by atoms with van der Waals surface area (Å²) in [4.78, 5) is 11.8. The maximum absolute atomic E-state index is 11.8. The van der Waals surface area contributed by atoms with Crippen LogP contribution in [-0.2, 0) is 9.53 Å². The molecule has 1 N–H and O–H groups in total. The van der Waals surface area contributed by atoms with E-state index in [0.717, 1.165) is 19.4 Å². The molecule has 2 atom stereocenters. The zero-order valence-electron chi connectivity index (χ0n) is 11.3. The van der Waals surface area contributed by atoms with E-state index in [0.29, 0.717) is 12.5 Å². The van der Waals surface area contributed by atoms with Gasteiger partial charge in [-0.05, 0) is 31.7 Å². The van der Waals surface area contributed by atoms with Gasteiger partial charge in [0.2, 0.25) is 0 Å². The Bertz CT molecular complexity index is 218. The zero-order valence-corrected chi connectivity index (χ0v) is 11.3. The molecule has 0 aromatic rings. The number of esters is 1. The fourth-order valence-corrected chi connectivity index (χ4v) is 2.35. The largest absolute Gasteiger partial charge is 0.465 e. The van der Waals surface area contributed by atoms with E-state index in [4.69, 9.17) is 4.74 Å². The van der Waals surface area contributed by atoms with Gasteiger partial charge in [-0.2, -0.15) is 0 Å². The van der Waals surface area contributed by atoms with E-state index >= 15 is 0 Å². The Morgan fingerprint density at radius 3 is 2.82 bits per heavy atom. The summed E-state index contributed by atoms with van der Waals surface area (Å²) in [6, 6.07) is -0.0557. The molecule has 100 valence electrons. The minimum Gasteiger partial charge on any atom is -0.465 e. The predicted molar refractivity (Wildman–Crippen MR) is 69.9 cm³/mol. The third-order valence-electron chi connectivity index (χ3n) is 3.62. The molecule has 0 amide bonds. The molecule has 17 heavy (non-hydrogen) atoms. The molecule has 1 aliphatic heterocycles. The van der Waals surface area contributed by atoms with E-state index < -0.39 is 0 Å². The number of rotatable bonds is 7. The first-order valence-electron chi connectivity index (χ1n) is 7.18. The fraction of sp³-hybridized carbons (Fsp3) is 0.929. The van der Waals surface area contributed by atoms with Gasteiger partial charge in [-0.25, -0.2) is 0 Å². The summed E-state index contributed by atoms with van der Waals surface area (Å²) in [6.45, 7) is 5.92. The molecule has 0 bridgehead atoms. The van der Waals surface area contributed by atoms with Crippen LogP contribution >= 0.6 is 0 Å². The normalized spacial score (nSPS) is 24.6. The monoisotopic (exact) mass is 241 g/mol. The maximum atomic E-state index is 11.8. The molecule has 1 aliphatic rings. The molecule has 1 fully saturated rings. The molecule has 2 unspecified atom stereocenters. The van der Waals surface area contributed by atoms with Crippen LogP contribution < -0.4 is 5.32 Å². The molecule has 3 heteroatoms. The summed E-state index contributed by atoms with van der Waals surface area (Å²) < 4.78 is 5.32. The standard InChI is InChI=1S/C14H27NO2/c1-3-5-6-7-10-17-14(16)13-11-12(4-2)8-9-15-13/h12-13,15H,3-11H2,1-2H3. The molecule has 1 rings (SSSR count). The molecule has 3 nitrogen and oxygen atoms in total. The molecule has 0 aromatic heterocycles. The molecule has 0 saturated carbocycles. The van der Waals surface area contributed by atoms with Gasteiger partial charge in [-0.3, -0.25) is 4.79 Å². The van der Waals surface area contributed by atoms with Crippen molar-refractivity contribution in [1.29, 1.82) is 0 Å². The van der Waals surface area contributed by atoms with Crippen molar-refractivity contribution in [3.63, 3.8) is 0 Å². The van der Waals surface area contributed by atoms with Crippen molar-refractivity contribution in [1.82, 2.24) is 5.32 Å². The summed E-state index contributed by atoms with van der Waals surface area (Å²) in [5.74, 6) is 0.647. The summed E-state index contributed by atoms with van der Waals surface area (Å²) in [5.41, 5.74) is 0. The third-order valence-corrected chi connectivity index (χ3v) is 3.62. The summed E-state index contributed by atoms with van der Waals surface area (Å²) in [6.07, 6.45) is 7.93. The Morgan fingerprint density at radius 1 is 1.29 bits per heavy atom. The number of carbonyl (C=O) groups excluding carboxylic acids is 1. The molecule has 0 radical (unpaired) electrons. The Hall–Kier alpha value is -0.570. The van der Waals surface area contributed by atoms with Gasteiger partial charge in [-0.15, -0.1) is 0 Å². The van der Waals surface area contributed by atoms with Crippen LogP contribution in [-0.4, -0.2) is 25.2 Å². The van der Waals surface area contributed by atoms with Crippen molar-refractivity contribution in [2.24, 2.45) is 5.92 Å². The van der Waals surface area contributed by atoms with Crippen molar-refractivity contribution in [3.05, 3.63) is 0 Å². The van der Waals surface area contributed by atoms with Crippen LogP contribution in [0.1, 0.15) is 58.8 Å². The van der Waals surface area contributed by atoms with E-state index in [1.807, 2.05) is 0 Å². The highest BCUT2D eigenvalue weighted by molar-refractivity contribution is 5.75. The van der Waals surface area contributed by atoms with Crippen molar-refractivity contribution in [3.8, 4) is 0 Å². The van der Waals surface area contributed by atoms with Crippen molar-refractivity contribution in [2.75, 3.05) is 13.2 Å². The van der Waals surface area contributed by atoms with Gasteiger partial charge in [0.25, 0.3) is 0 Å². The van der Waals surface area contributed by atoms with E-state index in [1.54, 1.807) is 0 Å². The Labute approximate surface area is 105 Å². The van der Waals surface area contributed by atoms with E-state index in [-0.39, 0.29) is 12.0 Å². The summed E-state index contributed by atoms with van der Waals surface area (Å²) >= 11 is 0. The topological polar surface area (TPSA) is 38.3 Å². The van der Waals surface area contributed by atoms with Gasteiger partial charge in [0.05, 0.1) is 6.61 Å². The maximum Gasteiger partial charge on any atom is 0.323 e. The number of carbonyl (C=O) groups is 1. The van der Waals surface area contributed by atoms with Crippen LogP contribution in [0.5, 0.6) is 0 Å². The van der Waals surface area contributed by atoms with Crippen LogP contribution in [0, 0.1) is 5.92 Å². The predicted octanol–water partition coefficient (Wildman–Crippen LogP) is 2.89. The summed E-state index contributed by atoms with van der Waals surface area (Å²) in [5, 5.41) is 3.26. The number of unbranched alkanes of at least 4 members (excludes halogenated alkanes) is 3. The van der Waals surface area contributed by atoms with Crippen LogP contribution in [0.4, 0.5) is 0 Å². The number of hydrogen-bond donors (Lipinski definition) is 1. The second-order valence-electron chi connectivity index (χ2n) is 5.03. The summed E-state index contributed by atoms with van der Waals surface area (Å²) in [7, 11) is 0. The van der Waals surface area contributed by atoms with Crippen molar-refractivity contribution >= 4 is 5.97 Å². The second-order valence-corrected chi connectivity index (χ2v) is 5.03. The van der Waals surface area contributed by atoms with Gasteiger partial charge in [-0.1, -0.05) is 39.5 Å². The molecular formula is C14H27NO2.